The zero-order valence-corrected chi connectivity index (χ0v) is 12.3. The molecule has 1 fully saturated rings. The van der Waals surface area contributed by atoms with Crippen molar-refractivity contribution in [1.82, 2.24) is 4.31 Å². The van der Waals surface area contributed by atoms with E-state index in [0.29, 0.717) is 11.6 Å². The molecule has 17 heavy (non-hydrogen) atoms. The van der Waals surface area contributed by atoms with Crippen LogP contribution >= 0.6 is 27.5 Å². The van der Waals surface area contributed by atoms with Crippen LogP contribution in [-0.2, 0) is 10.0 Å². The van der Waals surface area contributed by atoms with E-state index in [1.807, 2.05) is 18.2 Å². The highest BCUT2D eigenvalue weighted by Gasteiger charge is 2.35. The maximum Gasteiger partial charge on any atom is 0.224 e. The van der Waals surface area contributed by atoms with Crippen molar-refractivity contribution >= 4 is 37.6 Å². The van der Waals surface area contributed by atoms with Gasteiger partial charge in [0.2, 0.25) is 10.0 Å². The Hall–Kier alpha value is -0.100. The highest BCUT2D eigenvalue weighted by molar-refractivity contribution is 9.10. The van der Waals surface area contributed by atoms with E-state index in [4.69, 9.17) is 11.6 Å². The average Bonchev–Trinajstić information content (AvgIpc) is 2.79. The largest absolute Gasteiger partial charge is 0.224 e. The number of hydrogen-bond acceptors (Lipinski definition) is 2. The summed E-state index contributed by atoms with van der Waals surface area (Å²) in [5.74, 6) is 0. The third-order valence-electron chi connectivity index (χ3n) is 2.96. The minimum atomic E-state index is -3.22. The lowest BCUT2D eigenvalue weighted by molar-refractivity contribution is 0.400. The summed E-state index contributed by atoms with van der Waals surface area (Å²) < 4.78 is 25.4. The summed E-state index contributed by atoms with van der Waals surface area (Å²) in [5.41, 5.74) is 0.899. The number of benzene rings is 1. The van der Waals surface area contributed by atoms with Crippen LogP contribution in [0.2, 0.25) is 5.02 Å². The summed E-state index contributed by atoms with van der Waals surface area (Å²) in [6, 6.07) is 7.32. The van der Waals surface area contributed by atoms with E-state index in [0.717, 1.165) is 18.4 Å². The molecule has 1 atom stereocenters. The minimum absolute atomic E-state index is 0.0407. The Morgan fingerprint density at radius 1 is 1.41 bits per heavy atom. The molecule has 0 N–H and O–H groups in total. The molecular formula is C11H13BrClNO2S. The van der Waals surface area contributed by atoms with Gasteiger partial charge in [-0.3, -0.25) is 0 Å². The highest BCUT2D eigenvalue weighted by atomic mass is 79.9. The summed E-state index contributed by atoms with van der Waals surface area (Å²) in [4.78, 5) is 0. The number of alkyl halides is 1. The number of hydrogen-bond donors (Lipinski definition) is 0. The highest BCUT2D eigenvalue weighted by Crippen LogP contribution is 2.37. The molecule has 0 spiro atoms. The first-order valence-corrected chi connectivity index (χ1v) is 8.47. The van der Waals surface area contributed by atoms with Gasteiger partial charge in [0.15, 0.2) is 0 Å². The summed E-state index contributed by atoms with van der Waals surface area (Å²) in [5, 5.41) is 0.633. The summed E-state index contributed by atoms with van der Waals surface area (Å²) in [7, 11) is -3.22. The van der Waals surface area contributed by atoms with Gasteiger partial charge in [0, 0.05) is 11.6 Å². The summed E-state index contributed by atoms with van der Waals surface area (Å²) in [6.07, 6.45) is 1.71. The fourth-order valence-corrected chi connectivity index (χ4v) is 4.38. The second kappa shape index (κ2) is 5.26. The van der Waals surface area contributed by atoms with Gasteiger partial charge in [-0.15, -0.1) is 0 Å². The van der Waals surface area contributed by atoms with Gasteiger partial charge >= 0.3 is 0 Å². The van der Waals surface area contributed by atoms with Crippen LogP contribution in [0.25, 0.3) is 0 Å². The van der Waals surface area contributed by atoms with Crippen LogP contribution in [-0.4, -0.2) is 23.9 Å². The quantitative estimate of drug-likeness (QED) is 0.794. The van der Waals surface area contributed by atoms with Crippen molar-refractivity contribution in [3.8, 4) is 0 Å². The predicted molar refractivity (Wildman–Crippen MR) is 72.8 cm³/mol. The standard InChI is InChI=1S/C11H13BrClNO2S/c12-8-17(15,16)14-7-3-6-11(14)9-4-1-2-5-10(9)13/h1-2,4-5,11H,3,6-8H2. The summed E-state index contributed by atoms with van der Waals surface area (Å²) in [6.45, 7) is 0.573. The van der Waals surface area contributed by atoms with Gasteiger partial charge in [0.1, 0.15) is 4.66 Å². The molecule has 1 aromatic carbocycles. The lowest BCUT2D eigenvalue weighted by Gasteiger charge is -2.24. The first kappa shape index (κ1) is 13.3. The van der Waals surface area contributed by atoms with Crippen molar-refractivity contribution in [2.75, 3.05) is 11.2 Å². The van der Waals surface area contributed by atoms with Crippen LogP contribution in [0.4, 0.5) is 0 Å². The molecule has 94 valence electrons. The first-order valence-electron chi connectivity index (χ1n) is 5.36. The van der Waals surface area contributed by atoms with Crippen molar-refractivity contribution in [3.63, 3.8) is 0 Å². The molecule has 1 heterocycles. The van der Waals surface area contributed by atoms with Crippen molar-refractivity contribution in [1.29, 1.82) is 0 Å². The maximum atomic E-state index is 11.9. The van der Waals surface area contributed by atoms with E-state index in [9.17, 15) is 8.42 Å². The van der Waals surface area contributed by atoms with Gasteiger partial charge < -0.3 is 0 Å². The third-order valence-corrected chi connectivity index (χ3v) is 6.47. The molecule has 2 rings (SSSR count). The number of halogens is 2. The molecule has 0 bridgehead atoms. The van der Waals surface area contributed by atoms with Gasteiger partial charge in [-0.05, 0) is 24.5 Å². The number of sulfonamides is 1. The minimum Gasteiger partial charge on any atom is -0.211 e. The second-order valence-corrected chi connectivity index (χ2v) is 7.64. The summed E-state index contributed by atoms with van der Waals surface area (Å²) >= 11 is 9.17. The Balaban J connectivity index is 2.36. The molecule has 1 unspecified atom stereocenters. The Kier molecular flexibility index (Phi) is 4.13. The second-order valence-electron chi connectivity index (χ2n) is 4.01. The maximum absolute atomic E-state index is 11.9. The van der Waals surface area contributed by atoms with Crippen LogP contribution in [0.15, 0.2) is 24.3 Å². The van der Waals surface area contributed by atoms with Crippen molar-refractivity contribution in [2.45, 2.75) is 18.9 Å². The Morgan fingerprint density at radius 3 is 2.76 bits per heavy atom. The van der Waals surface area contributed by atoms with Crippen LogP contribution in [0, 0.1) is 0 Å². The van der Waals surface area contributed by atoms with Crippen LogP contribution < -0.4 is 0 Å². The number of nitrogens with zero attached hydrogens (tertiary/aromatic N) is 1. The molecule has 1 aliphatic heterocycles. The third kappa shape index (κ3) is 2.67. The molecule has 0 aliphatic carbocycles. The van der Waals surface area contributed by atoms with Crippen LogP contribution in [0.3, 0.4) is 0 Å². The molecule has 0 saturated carbocycles. The molecule has 6 heteroatoms. The van der Waals surface area contributed by atoms with Crippen molar-refractivity contribution < 1.29 is 8.42 Å². The van der Waals surface area contributed by atoms with Crippen LogP contribution in [0.1, 0.15) is 24.4 Å². The average molecular weight is 339 g/mol. The van der Waals surface area contributed by atoms with Crippen molar-refractivity contribution in [3.05, 3.63) is 34.9 Å². The normalized spacial score (nSPS) is 21.9. The monoisotopic (exact) mass is 337 g/mol. The van der Waals surface area contributed by atoms with E-state index in [1.165, 1.54) is 0 Å². The Labute approximate surface area is 115 Å². The smallest absolute Gasteiger partial charge is 0.211 e. The topological polar surface area (TPSA) is 37.4 Å². The van der Waals surface area contributed by atoms with E-state index in [-0.39, 0.29) is 10.7 Å². The molecule has 1 aromatic rings. The van der Waals surface area contributed by atoms with E-state index in [2.05, 4.69) is 15.9 Å². The fraction of sp³-hybridized carbons (Fsp3) is 0.455. The molecule has 1 saturated heterocycles. The molecule has 1 aliphatic rings. The SMILES string of the molecule is O=S(=O)(CBr)N1CCCC1c1ccccc1Cl. The zero-order chi connectivity index (χ0) is 12.5. The molecular weight excluding hydrogens is 326 g/mol. The molecule has 0 radical (unpaired) electrons. The Morgan fingerprint density at radius 2 is 2.12 bits per heavy atom. The molecule has 0 amide bonds. The Bertz CT molecular complexity index is 506. The lowest BCUT2D eigenvalue weighted by Crippen LogP contribution is -2.31. The fourth-order valence-electron chi connectivity index (χ4n) is 2.19. The molecule has 3 nitrogen and oxygen atoms in total. The van der Waals surface area contributed by atoms with Gasteiger partial charge in [0.25, 0.3) is 0 Å². The number of rotatable bonds is 3. The van der Waals surface area contributed by atoms with E-state index < -0.39 is 10.0 Å². The van der Waals surface area contributed by atoms with Gasteiger partial charge in [-0.25, -0.2) is 8.42 Å². The zero-order valence-electron chi connectivity index (χ0n) is 9.14. The lowest BCUT2D eigenvalue weighted by atomic mass is 10.1. The van der Waals surface area contributed by atoms with Gasteiger partial charge in [-0.2, -0.15) is 4.31 Å². The van der Waals surface area contributed by atoms with E-state index in [1.54, 1.807) is 10.4 Å². The van der Waals surface area contributed by atoms with Gasteiger partial charge in [0.05, 0.1) is 6.04 Å². The van der Waals surface area contributed by atoms with Crippen LogP contribution in [0.5, 0.6) is 0 Å². The van der Waals surface area contributed by atoms with Crippen molar-refractivity contribution in [2.24, 2.45) is 0 Å². The van der Waals surface area contributed by atoms with Gasteiger partial charge in [-0.1, -0.05) is 45.7 Å². The van der Waals surface area contributed by atoms with E-state index >= 15 is 0 Å². The first-order chi connectivity index (χ1) is 8.06. The predicted octanol–water partition coefficient (Wildman–Crippen LogP) is 3.16. The molecule has 0 aromatic heterocycles.